The average molecular weight is 461 g/mol. The lowest BCUT2D eigenvalue weighted by molar-refractivity contribution is 0.0724. The third-order valence-corrected chi connectivity index (χ3v) is 5.46. The van der Waals surface area contributed by atoms with E-state index in [-0.39, 0.29) is 23.3 Å². The summed E-state index contributed by atoms with van der Waals surface area (Å²) >= 11 is 0. The van der Waals surface area contributed by atoms with Crippen molar-refractivity contribution >= 4 is 12.1 Å². The summed E-state index contributed by atoms with van der Waals surface area (Å²) in [7, 11) is 0. The molecule has 0 saturated heterocycles. The Hall–Kier alpha value is -3.60. The summed E-state index contributed by atoms with van der Waals surface area (Å²) in [4.78, 5) is 25.6. The normalized spacial score (nSPS) is 10.9. The van der Waals surface area contributed by atoms with E-state index >= 15 is 0 Å². The van der Waals surface area contributed by atoms with Crippen LogP contribution in [-0.2, 0) is 6.42 Å². The first-order chi connectivity index (χ1) is 16.3. The zero-order chi connectivity index (χ0) is 24.7. The highest BCUT2D eigenvalue weighted by Crippen LogP contribution is 2.40. The van der Waals surface area contributed by atoms with Crippen LogP contribution in [0.4, 0.5) is 4.79 Å². The maximum absolute atomic E-state index is 13.0. The first-order valence-electron chi connectivity index (χ1n) is 11.7. The van der Waals surface area contributed by atoms with Crippen LogP contribution in [0.15, 0.2) is 66.7 Å². The van der Waals surface area contributed by atoms with E-state index in [0.29, 0.717) is 11.3 Å². The first-order valence-corrected chi connectivity index (χ1v) is 11.7. The van der Waals surface area contributed by atoms with Crippen LogP contribution in [-0.4, -0.2) is 12.1 Å². The summed E-state index contributed by atoms with van der Waals surface area (Å²) in [5.74, 6) is 0.450. The Morgan fingerprint density at radius 2 is 1.47 bits per heavy atom. The van der Waals surface area contributed by atoms with Gasteiger partial charge in [-0.3, -0.25) is 0 Å². The second kappa shape index (κ2) is 11.5. The number of carbonyl (C=O) groups excluding carboxylic acids is 2. The first kappa shape index (κ1) is 25.0. The number of rotatable bonds is 8. The van der Waals surface area contributed by atoms with E-state index in [1.54, 1.807) is 42.5 Å². The SMILES string of the molecule is CCCc1ccc(C(=O)Oc2c(OC(=O)Oc3ccccc3)cc(C(C)C)cc2C(C)C)cc1. The molecule has 0 aliphatic carbocycles. The molecule has 0 radical (unpaired) electrons. The molecule has 0 saturated carbocycles. The molecule has 3 aromatic carbocycles. The van der Waals surface area contributed by atoms with Crippen LogP contribution in [0.3, 0.4) is 0 Å². The van der Waals surface area contributed by atoms with Crippen LogP contribution in [0.2, 0.25) is 0 Å². The van der Waals surface area contributed by atoms with E-state index in [1.807, 2.05) is 38.1 Å². The van der Waals surface area contributed by atoms with Gasteiger partial charge in [-0.25, -0.2) is 9.59 Å². The van der Waals surface area contributed by atoms with Crippen molar-refractivity contribution < 1.29 is 23.8 Å². The molecule has 0 aliphatic rings. The molecular weight excluding hydrogens is 428 g/mol. The van der Waals surface area contributed by atoms with Crippen LogP contribution < -0.4 is 14.2 Å². The molecule has 0 aliphatic heterocycles. The van der Waals surface area contributed by atoms with E-state index in [9.17, 15) is 9.59 Å². The minimum Gasteiger partial charge on any atom is -0.419 e. The summed E-state index contributed by atoms with van der Waals surface area (Å²) in [5.41, 5.74) is 3.34. The van der Waals surface area contributed by atoms with Gasteiger partial charge in [0.25, 0.3) is 0 Å². The lowest BCUT2D eigenvalue weighted by atomic mass is 9.94. The molecule has 3 aromatic rings. The average Bonchev–Trinajstić information content (AvgIpc) is 2.81. The molecule has 0 unspecified atom stereocenters. The van der Waals surface area contributed by atoms with Gasteiger partial charge in [-0.15, -0.1) is 0 Å². The fourth-order valence-electron chi connectivity index (χ4n) is 3.54. The van der Waals surface area contributed by atoms with Gasteiger partial charge in [0.05, 0.1) is 5.56 Å². The molecule has 0 heterocycles. The molecule has 0 fully saturated rings. The smallest absolute Gasteiger partial charge is 0.419 e. The maximum atomic E-state index is 13.0. The Labute approximate surface area is 201 Å². The molecule has 34 heavy (non-hydrogen) atoms. The Kier molecular flexibility index (Phi) is 8.47. The van der Waals surface area contributed by atoms with Gasteiger partial charge in [-0.1, -0.05) is 77.4 Å². The molecule has 5 heteroatoms. The fraction of sp³-hybridized carbons (Fsp3) is 0.310. The summed E-state index contributed by atoms with van der Waals surface area (Å²) in [6.45, 7) is 10.2. The Morgan fingerprint density at radius 1 is 0.794 bits per heavy atom. The van der Waals surface area contributed by atoms with E-state index in [1.165, 1.54) is 0 Å². The van der Waals surface area contributed by atoms with E-state index in [4.69, 9.17) is 14.2 Å². The van der Waals surface area contributed by atoms with Crippen molar-refractivity contribution in [3.63, 3.8) is 0 Å². The van der Waals surface area contributed by atoms with Crippen LogP contribution in [0.1, 0.15) is 79.9 Å². The van der Waals surface area contributed by atoms with Gasteiger partial charge < -0.3 is 14.2 Å². The Morgan fingerprint density at radius 3 is 2.06 bits per heavy atom. The summed E-state index contributed by atoms with van der Waals surface area (Å²) in [6.07, 6.45) is 1.08. The van der Waals surface area contributed by atoms with Gasteiger partial charge >= 0.3 is 12.1 Å². The summed E-state index contributed by atoms with van der Waals surface area (Å²) in [6, 6.07) is 19.8. The molecule has 0 amide bonds. The Balaban J connectivity index is 1.94. The summed E-state index contributed by atoms with van der Waals surface area (Å²) < 4.78 is 16.7. The molecule has 5 nitrogen and oxygen atoms in total. The third kappa shape index (κ3) is 6.47. The van der Waals surface area contributed by atoms with Crippen molar-refractivity contribution in [2.75, 3.05) is 0 Å². The molecule has 0 bridgehead atoms. The van der Waals surface area contributed by atoms with Gasteiger partial charge in [0.1, 0.15) is 5.75 Å². The predicted molar refractivity (Wildman–Crippen MR) is 133 cm³/mol. The minimum atomic E-state index is -0.900. The quantitative estimate of drug-likeness (QED) is 0.196. The number of benzene rings is 3. The lowest BCUT2D eigenvalue weighted by Crippen LogP contribution is -2.17. The number of para-hydroxylation sites is 1. The van der Waals surface area contributed by atoms with Crippen molar-refractivity contribution in [1.29, 1.82) is 0 Å². The van der Waals surface area contributed by atoms with Crippen LogP contribution >= 0.6 is 0 Å². The zero-order valence-electron chi connectivity index (χ0n) is 20.5. The maximum Gasteiger partial charge on any atom is 0.519 e. The van der Waals surface area contributed by atoms with E-state index < -0.39 is 12.1 Å². The van der Waals surface area contributed by atoms with Gasteiger partial charge in [-0.05, 0) is 59.7 Å². The number of aryl methyl sites for hydroxylation is 1. The predicted octanol–water partition coefficient (Wildman–Crippen LogP) is 7.68. The fourth-order valence-corrected chi connectivity index (χ4v) is 3.54. The van der Waals surface area contributed by atoms with Crippen LogP contribution in [0, 0.1) is 0 Å². The number of esters is 1. The summed E-state index contributed by atoms with van der Waals surface area (Å²) in [5, 5.41) is 0. The van der Waals surface area contributed by atoms with E-state index in [2.05, 4.69) is 20.8 Å². The van der Waals surface area contributed by atoms with Crippen molar-refractivity contribution in [3.8, 4) is 17.2 Å². The molecule has 3 rings (SSSR count). The number of ether oxygens (including phenoxy) is 3. The monoisotopic (exact) mass is 460 g/mol. The van der Waals surface area contributed by atoms with Crippen molar-refractivity contribution in [3.05, 3.63) is 89.0 Å². The second-order valence-corrected chi connectivity index (χ2v) is 8.85. The molecular formula is C29H32O5. The van der Waals surface area contributed by atoms with Crippen LogP contribution in [0.25, 0.3) is 0 Å². The molecule has 0 spiro atoms. The second-order valence-electron chi connectivity index (χ2n) is 8.85. The number of hydrogen-bond acceptors (Lipinski definition) is 5. The highest BCUT2D eigenvalue weighted by molar-refractivity contribution is 5.91. The molecule has 178 valence electrons. The van der Waals surface area contributed by atoms with Crippen molar-refractivity contribution in [1.82, 2.24) is 0 Å². The van der Waals surface area contributed by atoms with E-state index in [0.717, 1.165) is 29.5 Å². The van der Waals surface area contributed by atoms with Gasteiger partial charge in [0.2, 0.25) is 0 Å². The molecule has 0 N–H and O–H groups in total. The molecule has 0 aromatic heterocycles. The van der Waals surface area contributed by atoms with Gasteiger partial charge in [0, 0.05) is 5.56 Å². The minimum absolute atomic E-state index is 0.0286. The highest BCUT2D eigenvalue weighted by Gasteiger charge is 2.23. The number of hydrogen-bond donors (Lipinski definition) is 0. The topological polar surface area (TPSA) is 61.8 Å². The van der Waals surface area contributed by atoms with Crippen molar-refractivity contribution in [2.24, 2.45) is 0 Å². The largest absolute Gasteiger partial charge is 0.519 e. The zero-order valence-corrected chi connectivity index (χ0v) is 20.5. The standard InChI is InChI=1S/C29H32O5/c1-6-10-21-13-15-22(16-14-21)28(30)34-27-25(20(4)5)17-23(19(2)3)18-26(27)33-29(31)32-24-11-8-7-9-12-24/h7-9,11-20H,6,10H2,1-5H3. The highest BCUT2D eigenvalue weighted by atomic mass is 16.7. The third-order valence-electron chi connectivity index (χ3n) is 5.46. The Bertz CT molecular complexity index is 1120. The lowest BCUT2D eigenvalue weighted by Gasteiger charge is -2.19. The van der Waals surface area contributed by atoms with Gasteiger partial charge in [0.15, 0.2) is 11.5 Å². The van der Waals surface area contributed by atoms with Crippen LogP contribution in [0.5, 0.6) is 17.2 Å². The molecule has 0 atom stereocenters. The number of carbonyl (C=O) groups is 2. The van der Waals surface area contributed by atoms with Gasteiger partial charge in [-0.2, -0.15) is 0 Å². The van der Waals surface area contributed by atoms with Crippen molar-refractivity contribution in [2.45, 2.75) is 59.3 Å².